The molecule has 1 aliphatic rings. The molecule has 0 aliphatic carbocycles. The first-order chi connectivity index (χ1) is 8.83. The number of benzene rings is 1. The van der Waals surface area contributed by atoms with E-state index in [2.05, 4.69) is 10.5 Å². The minimum Gasteiger partial charge on any atom is -0.356 e. The third-order valence-electron chi connectivity index (χ3n) is 3.30. The van der Waals surface area contributed by atoms with Crippen molar-refractivity contribution in [1.82, 2.24) is 10.5 Å². The lowest BCUT2D eigenvalue weighted by Crippen LogP contribution is -2.26. The normalized spacial score (nSPS) is 19.9. The molecule has 1 aromatic heterocycles. The topological polar surface area (TPSA) is 38.1 Å². The summed E-state index contributed by atoms with van der Waals surface area (Å²) in [5, 5.41) is 8.34. The predicted molar refractivity (Wildman–Crippen MR) is 71.5 cm³/mol. The molecule has 1 aliphatic heterocycles. The molecule has 1 fully saturated rings. The first kappa shape index (κ1) is 11.8. The van der Waals surface area contributed by atoms with E-state index < -0.39 is 0 Å². The number of rotatable bonds is 2. The summed E-state index contributed by atoms with van der Waals surface area (Å²) >= 11 is 5.98. The summed E-state index contributed by atoms with van der Waals surface area (Å²) in [6.45, 7) is 1.06. The Morgan fingerprint density at radius 3 is 3.00 bits per heavy atom. The van der Waals surface area contributed by atoms with Gasteiger partial charge in [-0.05, 0) is 31.5 Å². The Morgan fingerprint density at radius 2 is 2.22 bits per heavy atom. The van der Waals surface area contributed by atoms with Crippen LogP contribution >= 0.6 is 11.6 Å². The second-order valence-electron chi connectivity index (χ2n) is 4.63. The van der Waals surface area contributed by atoms with Crippen LogP contribution in [0.3, 0.4) is 0 Å². The molecule has 0 saturated carbocycles. The lowest BCUT2D eigenvalue weighted by molar-refractivity contribution is 0.368. The average Bonchev–Trinajstić information content (AvgIpc) is 2.89. The number of halogens is 1. The molecule has 1 saturated heterocycles. The first-order valence-corrected chi connectivity index (χ1v) is 6.67. The molecule has 3 rings (SSSR count). The summed E-state index contributed by atoms with van der Waals surface area (Å²) in [6, 6.07) is 9.97. The summed E-state index contributed by atoms with van der Waals surface area (Å²) in [4.78, 5) is 0. The van der Waals surface area contributed by atoms with Gasteiger partial charge in [-0.25, -0.2) is 0 Å². The van der Waals surface area contributed by atoms with Crippen molar-refractivity contribution in [2.24, 2.45) is 0 Å². The SMILES string of the molecule is Clc1cccc(-c2cc(C3CCCCN3)no2)c1. The summed E-state index contributed by atoms with van der Waals surface area (Å²) in [5.74, 6) is 0.778. The summed E-state index contributed by atoms with van der Waals surface area (Å²) in [6.07, 6.45) is 3.62. The third kappa shape index (κ3) is 2.42. The van der Waals surface area contributed by atoms with Gasteiger partial charge in [0.1, 0.15) is 5.69 Å². The van der Waals surface area contributed by atoms with Crippen LogP contribution in [-0.2, 0) is 0 Å². The highest BCUT2D eigenvalue weighted by Crippen LogP contribution is 2.28. The second-order valence-corrected chi connectivity index (χ2v) is 5.07. The van der Waals surface area contributed by atoms with Gasteiger partial charge in [-0.3, -0.25) is 0 Å². The average molecular weight is 263 g/mol. The van der Waals surface area contributed by atoms with Gasteiger partial charge < -0.3 is 9.84 Å². The van der Waals surface area contributed by atoms with Crippen LogP contribution in [0.2, 0.25) is 5.02 Å². The molecule has 1 unspecified atom stereocenters. The van der Waals surface area contributed by atoms with Gasteiger partial charge >= 0.3 is 0 Å². The summed E-state index contributed by atoms with van der Waals surface area (Å²) in [5.41, 5.74) is 1.96. The number of piperidine rings is 1. The molecule has 0 radical (unpaired) electrons. The maximum Gasteiger partial charge on any atom is 0.167 e. The fourth-order valence-corrected chi connectivity index (χ4v) is 2.53. The first-order valence-electron chi connectivity index (χ1n) is 6.29. The minimum absolute atomic E-state index is 0.329. The Labute approximate surface area is 111 Å². The molecular weight excluding hydrogens is 248 g/mol. The number of aromatic nitrogens is 1. The van der Waals surface area contributed by atoms with Crippen molar-refractivity contribution in [2.75, 3.05) is 6.54 Å². The zero-order valence-corrected chi connectivity index (χ0v) is 10.8. The smallest absolute Gasteiger partial charge is 0.167 e. The van der Waals surface area contributed by atoms with Crippen LogP contribution in [0.15, 0.2) is 34.9 Å². The molecule has 2 aromatic rings. The van der Waals surface area contributed by atoms with Crippen LogP contribution in [0.1, 0.15) is 31.0 Å². The Bertz CT molecular complexity index is 532. The number of nitrogens with zero attached hydrogens (tertiary/aromatic N) is 1. The van der Waals surface area contributed by atoms with E-state index >= 15 is 0 Å². The fraction of sp³-hybridized carbons (Fsp3) is 0.357. The Hall–Kier alpha value is -1.32. The maximum absolute atomic E-state index is 5.98. The Morgan fingerprint density at radius 1 is 1.28 bits per heavy atom. The zero-order chi connectivity index (χ0) is 12.4. The molecule has 0 amide bonds. The lowest BCUT2D eigenvalue weighted by Gasteiger charge is -2.20. The molecule has 1 atom stereocenters. The lowest BCUT2D eigenvalue weighted by atomic mass is 10.0. The Balaban J connectivity index is 1.84. The van der Waals surface area contributed by atoms with Crippen LogP contribution < -0.4 is 5.32 Å². The van der Waals surface area contributed by atoms with Crippen molar-refractivity contribution in [1.29, 1.82) is 0 Å². The van der Waals surface area contributed by atoms with Crippen molar-refractivity contribution >= 4 is 11.6 Å². The van der Waals surface area contributed by atoms with E-state index in [9.17, 15) is 0 Å². The van der Waals surface area contributed by atoms with Crippen molar-refractivity contribution in [3.63, 3.8) is 0 Å². The second kappa shape index (κ2) is 5.12. The van der Waals surface area contributed by atoms with Gasteiger partial charge in [0.25, 0.3) is 0 Å². The Kier molecular flexibility index (Phi) is 3.35. The van der Waals surface area contributed by atoms with E-state index in [1.54, 1.807) is 0 Å². The van der Waals surface area contributed by atoms with E-state index in [1.807, 2.05) is 30.3 Å². The van der Waals surface area contributed by atoms with Crippen molar-refractivity contribution in [3.05, 3.63) is 41.0 Å². The van der Waals surface area contributed by atoms with E-state index in [0.717, 1.165) is 30.0 Å². The molecule has 2 heterocycles. The molecule has 0 spiro atoms. The number of hydrogen-bond acceptors (Lipinski definition) is 3. The quantitative estimate of drug-likeness (QED) is 0.894. The van der Waals surface area contributed by atoms with Gasteiger partial charge in [-0.15, -0.1) is 0 Å². The van der Waals surface area contributed by atoms with Gasteiger partial charge in [-0.2, -0.15) is 0 Å². The van der Waals surface area contributed by atoms with Gasteiger partial charge in [0.05, 0.1) is 6.04 Å². The maximum atomic E-state index is 5.98. The van der Waals surface area contributed by atoms with E-state index in [4.69, 9.17) is 16.1 Å². The molecule has 0 bridgehead atoms. The van der Waals surface area contributed by atoms with Crippen molar-refractivity contribution < 1.29 is 4.52 Å². The van der Waals surface area contributed by atoms with Crippen LogP contribution in [-0.4, -0.2) is 11.7 Å². The highest BCUT2D eigenvalue weighted by Gasteiger charge is 2.19. The van der Waals surface area contributed by atoms with E-state index in [0.29, 0.717) is 11.1 Å². The van der Waals surface area contributed by atoms with Gasteiger partial charge in [0.2, 0.25) is 0 Å². The minimum atomic E-state index is 0.329. The molecule has 1 aromatic carbocycles. The largest absolute Gasteiger partial charge is 0.356 e. The summed E-state index contributed by atoms with van der Waals surface area (Å²) in [7, 11) is 0. The molecule has 94 valence electrons. The molecule has 1 N–H and O–H groups in total. The monoisotopic (exact) mass is 262 g/mol. The van der Waals surface area contributed by atoms with Crippen molar-refractivity contribution in [2.45, 2.75) is 25.3 Å². The highest BCUT2D eigenvalue weighted by molar-refractivity contribution is 6.30. The number of nitrogens with one attached hydrogen (secondary N) is 1. The van der Waals surface area contributed by atoms with E-state index in [1.165, 1.54) is 12.8 Å². The van der Waals surface area contributed by atoms with Gasteiger partial charge in [0.15, 0.2) is 5.76 Å². The van der Waals surface area contributed by atoms with Crippen LogP contribution in [0.4, 0.5) is 0 Å². The molecule has 4 heteroatoms. The van der Waals surface area contributed by atoms with Crippen LogP contribution in [0.25, 0.3) is 11.3 Å². The van der Waals surface area contributed by atoms with Gasteiger partial charge in [-0.1, -0.05) is 35.3 Å². The van der Waals surface area contributed by atoms with Crippen LogP contribution in [0, 0.1) is 0 Å². The number of hydrogen-bond donors (Lipinski definition) is 1. The summed E-state index contributed by atoms with van der Waals surface area (Å²) < 4.78 is 5.41. The fourth-order valence-electron chi connectivity index (χ4n) is 2.34. The van der Waals surface area contributed by atoms with Gasteiger partial charge in [0, 0.05) is 16.7 Å². The third-order valence-corrected chi connectivity index (χ3v) is 3.54. The predicted octanol–water partition coefficient (Wildman–Crippen LogP) is 3.81. The molecule has 18 heavy (non-hydrogen) atoms. The standard InChI is InChI=1S/C14H15ClN2O/c15-11-5-3-4-10(8-11)14-9-13(17-18-14)12-6-1-2-7-16-12/h3-5,8-9,12,16H,1-2,6-7H2. The molecular formula is C14H15ClN2O. The highest BCUT2D eigenvalue weighted by atomic mass is 35.5. The van der Waals surface area contributed by atoms with E-state index in [-0.39, 0.29) is 0 Å². The van der Waals surface area contributed by atoms with Crippen molar-refractivity contribution in [3.8, 4) is 11.3 Å². The molecule has 3 nitrogen and oxygen atoms in total. The zero-order valence-electron chi connectivity index (χ0n) is 10.0. The van der Waals surface area contributed by atoms with Crippen LogP contribution in [0.5, 0.6) is 0 Å².